The summed E-state index contributed by atoms with van der Waals surface area (Å²) in [6.45, 7) is 6.67. The second-order valence-electron chi connectivity index (χ2n) is 4.72. The first kappa shape index (κ1) is 14.6. The highest BCUT2D eigenvalue weighted by molar-refractivity contribution is 5.95. The van der Waals surface area contributed by atoms with Crippen LogP contribution in [0.25, 0.3) is 0 Å². The average Bonchev–Trinajstić information content (AvgIpc) is 2.36. The summed E-state index contributed by atoms with van der Waals surface area (Å²) in [5.74, 6) is 0.738. The number of aromatic nitrogens is 1. The molecule has 0 saturated carbocycles. The van der Waals surface area contributed by atoms with Gasteiger partial charge < -0.3 is 10.1 Å². The normalized spacial score (nSPS) is 12.5. The van der Waals surface area contributed by atoms with Crippen molar-refractivity contribution in [1.29, 1.82) is 0 Å². The third kappa shape index (κ3) is 4.45. The van der Waals surface area contributed by atoms with Gasteiger partial charge in [-0.1, -0.05) is 13.8 Å². The fourth-order valence-corrected chi connectivity index (χ4v) is 1.53. The molecule has 0 aliphatic heterocycles. The number of carbonyl (C=O) groups is 1. The molecule has 0 bridgehead atoms. The highest BCUT2D eigenvalue weighted by Crippen LogP contribution is 2.14. The summed E-state index contributed by atoms with van der Waals surface area (Å²) in [7, 11) is 1.92. The Balaban J connectivity index is 2.57. The molecule has 1 atom stereocenters. The molecule has 0 spiro atoms. The van der Waals surface area contributed by atoms with Gasteiger partial charge in [0, 0.05) is 5.92 Å². The van der Waals surface area contributed by atoms with Crippen LogP contribution >= 0.6 is 0 Å². The van der Waals surface area contributed by atoms with Crippen LogP contribution in [0.5, 0.6) is 5.75 Å². The molecule has 4 nitrogen and oxygen atoms in total. The molecule has 1 rings (SSSR count). The predicted molar refractivity (Wildman–Crippen MR) is 72.0 cm³/mol. The van der Waals surface area contributed by atoms with Crippen LogP contribution in [0, 0.1) is 5.92 Å². The van der Waals surface area contributed by atoms with E-state index in [1.807, 2.05) is 27.8 Å². The molecule has 0 radical (unpaired) electrons. The number of carbonyl (C=O) groups excluding carboxylic acids is 1. The molecule has 1 aromatic rings. The van der Waals surface area contributed by atoms with Crippen LogP contribution in [0.15, 0.2) is 18.3 Å². The van der Waals surface area contributed by atoms with Gasteiger partial charge in [-0.3, -0.25) is 4.79 Å². The van der Waals surface area contributed by atoms with E-state index < -0.39 is 0 Å². The first-order valence-electron chi connectivity index (χ1n) is 6.36. The second-order valence-corrected chi connectivity index (χ2v) is 4.72. The van der Waals surface area contributed by atoms with Crippen molar-refractivity contribution in [3.05, 3.63) is 24.0 Å². The van der Waals surface area contributed by atoms with E-state index in [2.05, 4.69) is 10.3 Å². The quantitative estimate of drug-likeness (QED) is 0.754. The molecule has 1 aromatic heterocycles. The Hall–Kier alpha value is -1.42. The van der Waals surface area contributed by atoms with Gasteiger partial charge in [0.15, 0.2) is 5.78 Å². The number of hydrogen-bond acceptors (Lipinski definition) is 4. The van der Waals surface area contributed by atoms with E-state index in [4.69, 9.17) is 4.74 Å². The zero-order valence-corrected chi connectivity index (χ0v) is 11.6. The van der Waals surface area contributed by atoms with Crippen molar-refractivity contribution in [2.45, 2.75) is 33.3 Å². The predicted octanol–water partition coefficient (Wildman–Crippen LogP) is 2.30. The number of hydrogen-bond donors (Lipinski definition) is 1. The van der Waals surface area contributed by atoms with Crippen molar-refractivity contribution < 1.29 is 9.53 Å². The van der Waals surface area contributed by atoms with Gasteiger partial charge in [-0.25, -0.2) is 4.98 Å². The van der Waals surface area contributed by atoms with Crippen LogP contribution in [0.4, 0.5) is 0 Å². The van der Waals surface area contributed by atoms with Crippen molar-refractivity contribution in [3.63, 3.8) is 0 Å². The number of Topliss-reactive ketones (excluding diaryl/α,β-unsaturated/α-hetero) is 1. The lowest BCUT2D eigenvalue weighted by molar-refractivity contribution is 0.0934. The SMILES string of the molecule is CNCCC(C)Oc1ccc(C(=O)C(C)C)nc1. The smallest absolute Gasteiger partial charge is 0.183 e. The van der Waals surface area contributed by atoms with E-state index >= 15 is 0 Å². The standard InChI is InChI=1S/C14H22N2O2/c1-10(2)14(17)13-6-5-12(9-16-13)18-11(3)7-8-15-4/h5-6,9-11,15H,7-8H2,1-4H3. The molecule has 1 heterocycles. The second kappa shape index (κ2) is 7.11. The molecule has 0 saturated heterocycles. The van der Waals surface area contributed by atoms with Crippen molar-refractivity contribution in [1.82, 2.24) is 10.3 Å². The minimum atomic E-state index is -0.0289. The molecule has 4 heteroatoms. The number of rotatable bonds is 7. The van der Waals surface area contributed by atoms with E-state index in [0.29, 0.717) is 11.4 Å². The van der Waals surface area contributed by atoms with E-state index in [0.717, 1.165) is 13.0 Å². The Morgan fingerprint density at radius 1 is 1.39 bits per heavy atom. The third-order valence-corrected chi connectivity index (χ3v) is 2.65. The zero-order valence-electron chi connectivity index (χ0n) is 11.6. The third-order valence-electron chi connectivity index (χ3n) is 2.65. The lowest BCUT2D eigenvalue weighted by atomic mass is 10.1. The number of nitrogens with one attached hydrogen (secondary N) is 1. The highest BCUT2D eigenvalue weighted by atomic mass is 16.5. The Bertz CT molecular complexity index is 374. The molecule has 1 N–H and O–H groups in total. The lowest BCUT2D eigenvalue weighted by Crippen LogP contribution is -2.19. The monoisotopic (exact) mass is 250 g/mol. The molecule has 0 fully saturated rings. The van der Waals surface area contributed by atoms with E-state index in [9.17, 15) is 4.79 Å². The Labute approximate surface area is 109 Å². The molecule has 0 aliphatic carbocycles. The number of ether oxygens (including phenoxy) is 1. The van der Waals surface area contributed by atoms with Crippen molar-refractivity contribution in [2.75, 3.05) is 13.6 Å². The van der Waals surface area contributed by atoms with Crippen LogP contribution in [0.3, 0.4) is 0 Å². The number of nitrogens with zero attached hydrogens (tertiary/aromatic N) is 1. The summed E-state index contributed by atoms with van der Waals surface area (Å²) in [6.07, 6.45) is 2.68. The van der Waals surface area contributed by atoms with Gasteiger partial charge >= 0.3 is 0 Å². The topological polar surface area (TPSA) is 51.2 Å². The minimum Gasteiger partial charge on any atom is -0.489 e. The van der Waals surface area contributed by atoms with Gasteiger partial charge in [0.05, 0.1) is 12.3 Å². The van der Waals surface area contributed by atoms with Gasteiger partial charge in [0.25, 0.3) is 0 Å². The van der Waals surface area contributed by atoms with E-state index in [1.54, 1.807) is 18.3 Å². The molecule has 1 unspecified atom stereocenters. The largest absolute Gasteiger partial charge is 0.489 e. The van der Waals surface area contributed by atoms with Crippen LogP contribution in [-0.2, 0) is 0 Å². The summed E-state index contributed by atoms with van der Waals surface area (Å²) >= 11 is 0. The Kier molecular flexibility index (Phi) is 5.78. The first-order chi connectivity index (χ1) is 8.54. The maximum absolute atomic E-state index is 11.7. The van der Waals surface area contributed by atoms with E-state index in [-0.39, 0.29) is 17.8 Å². The van der Waals surface area contributed by atoms with Gasteiger partial charge in [0.1, 0.15) is 11.4 Å². The molecular formula is C14H22N2O2. The van der Waals surface area contributed by atoms with Crippen LogP contribution < -0.4 is 10.1 Å². The van der Waals surface area contributed by atoms with Gasteiger partial charge in [-0.2, -0.15) is 0 Å². The fraction of sp³-hybridized carbons (Fsp3) is 0.571. The molecular weight excluding hydrogens is 228 g/mol. The van der Waals surface area contributed by atoms with Gasteiger partial charge in [-0.05, 0) is 39.1 Å². The van der Waals surface area contributed by atoms with Crippen molar-refractivity contribution in [2.24, 2.45) is 5.92 Å². The average molecular weight is 250 g/mol. The lowest BCUT2D eigenvalue weighted by Gasteiger charge is -2.14. The summed E-state index contributed by atoms with van der Waals surface area (Å²) in [5.41, 5.74) is 0.500. The maximum atomic E-state index is 11.7. The molecule has 0 aliphatic rings. The summed E-state index contributed by atoms with van der Waals surface area (Å²) < 4.78 is 5.70. The van der Waals surface area contributed by atoms with Crippen LogP contribution in [-0.4, -0.2) is 30.5 Å². The zero-order chi connectivity index (χ0) is 13.5. The number of pyridine rings is 1. The highest BCUT2D eigenvalue weighted by Gasteiger charge is 2.12. The number of ketones is 1. The van der Waals surface area contributed by atoms with Crippen LogP contribution in [0.2, 0.25) is 0 Å². The molecule has 0 aromatic carbocycles. The van der Waals surface area contributed by atoms with Gasteiger partial charge in [0.2, 0.25) is 0 Å². The Morgan fingerprint density at radius 2 is 2.11 bits per heavy atom. The van der Waals surface area contributed by atoms with Gasteiger partial charge in [-0.15, -0.1) is 0 Å². The fourth-order valence-electron chi connectivity index (χ4n) is 1.53. The summed E-state index contributed by atoms with van der Waals surface area (Å²) in [5, 5.41) is 3.08. The maximum Gasteiger partial charge on any atom is 0.183 e. The minimum absolute atomic E-state index is 0.0289. The molecule has 0 amide bonds. The summed E-state index contributed by atoms with van der Waals surface area (Å²) in [6, 6.07) is 3.53. The van der Waals surface area contributed by atoms with Crippen LogP contribution in [0.1, 0.15) is 37.7 Å². The van der Waals surface area contributed by atoms with E-state index in [1.165, 1.54) is 0 Å². The molecule has 100 valence electrons. The Morgan fingerprint density at radius 3 is 2.61 bits per heavy atom. The summed E-state index contributed by atoms with van der Waals surface area (Å²) in [4.78, 5) is 15.9. The molecule has 18 heavy (non-hydrogen) atoms. The van der Waals surface area contributed by atoms with Crippen molar-refractivity contribution >= 4 is 5.78 Å². The first-order valence-corrected chi connectivity index (χ1v) is 6.36. The van der Waals surface area contributed by atoms with Crippen molar-refractivity contribution in [3.8, 4) is 5.75 Å².